The first-order valence-electron chi connectivity index (χ1n) is 15.1. The van der Waals surface area contributed by atoms with Gasteiger partial charge in [-0.05, 0) is 39.5 Å². The van der Waals surface area contributed by atoms with Crippen molar-refractivity contribution < 1.29 is 29.3 Å². The van der Waals surface area contributed by atoms with Gasteiger partial charge in [0.1, 0.15) is 0 Å². The normalized spacial score (nSPS) is 16.0. The Labute approximate surface area is 252 Å². The number of rotatable bonds is 14. The van der Waals surface area contributed by atoms with Gasteiger partial charge in [-0.1, -0.05) is 72.5 Å². The van der Waals surface area contributed by atoms with Crippen molar-refractivity contribution in [1.29, 1.82) is 0 Å². The van der Waals surface area contributed by atoms with Crippen molar-refractivity contribution in [3.05, 3.63) is 65.4 Å². The number of carboxylic acids is 2. The van der Waals surface area contributed by atoms with Crippen LogP contribution < -0.4 is 4.90 Å². The van der Waals surface area contributed by atoms with Crippen LogP contribution in [0.1, 0.15) is 74.6 Å². The standard InChI is InChI=1S/C34H41N3O6/c1-4-43-30(42)9-7-5-6-8-18-37-21-26(19-28(38)39)27(20-29(40)41)33-34(37)36-32(25-16-12-23(3)13-17-25)31(35-33)24-14-10-22(2)11-15-24/h10-17,26-27H,4-9,18-21H2,1-3H3,(H,38,39)(H,40,41). The van der Waals surface area contributed by atoms with Crippen LogP contribution in [0.5, 0.6) is 0 Å². The van der Waals surface area contributed by atoms with E-state index >= 15 is 0 Å². The van der Waals surface area contributed by atoms with E-state index in [0.717, 1.165) is 47.9 Å². The summed E-state index contributed by atoms with van der Waals surface area (Å²) >= 11 is 0. The fourth-order valence-corrected chi connectivity index (χ4v) is 5.70. The minimum absolute atomic E-state index is 0.158. The van der Waals surface area contributed by atoms with Gasteiger partial charge >= 0.3 is 17.9 Å². The largest absolute Gasteiger partial charge is 0.481 e. The molecule has 0 amide bonds. The van der Waals surface area contributed by atoms with Gasteiger partial charge in [-0.15, -0.1) is 0 Å². The molecule has 3 aromatic rings. The third-order valence-electron chi connectivity index (χ3n) is 7.92. The van der Waals surface area contributed by atoms with Crippen LogP contribution in [-0.2, 0) is 19.1 Å². The van der Waals surface area contributed by atoms with Crippen LogP contribution in [0.15, 0.2) is 48.5 Å². The Morgan fingerprint density at radius 2 is 1.37 bits per heavy atom. The van der Waals surface area contributed by atoms with E-state index in [4.69, 9.17) is 14.7 Å². The first-order valence-corrected chi connectivity index (χ1v) is 15.1. The molecule has 4 rings (SSSR count). The lowest BCUT2D eigenvalue weighted by Gasteiger charge is -2.39. The van der Waals surface area contributed by atoms with Gasteiger partial charge in [-0.25, -0.2) is 9.97 Å². The van der Waals surface area contributed by atoms with Gasteiger partial charge in [0.2, 0.25) is 0 Å². The number of carboxylic acid groups (broad SMARTS) is 2. The molecule has 0 spiro atoms. The highest BCUT2D eigenvalue weighted by Crippen LogP contribution is 2.43. The van der Waals surface area contributed by atoms with Crippen LogP contribution in [-0.4, -0.2) is 57.8 Å². The number of esters is 1. The second kappa shape index (κ2) is 14.8. The number of aromatic nitrogens is 2. The summed E-state index contributed by atoms with van der Waals surface area (Å²) in [6, 6.07) is 16.1. The molecular formula is C34H41N3O6. The minimum atomic E-state index is -0.998. The number of carbonyl (C=O) groups is 3. The highest BCUT2D eigenvalue weighted by atomic mass is 16.5. The maximum atomic E-state index is 12.0. The van der Waals surface area contributed by atoms with E-state index in [0.29, 0.717) is 49.0 Å². The topological polar surface area (TPSA) is 130 Å². The second-order valence-corrected chi connectivity index (χ2v) is 11.3. The fourth-order valence-electron chi connectivity index (χ4n) is 5.70. The van der Waals surface area contributed by atoms with E-state index in [-0.39, 0.29) is 18.8 Å². The van der Waals surface area contributed by atoms with E-state index < -0.39 is 23.8 Å². The number of aryl methyl sites for hydroxylation is 2. The van der Waals surface area contributed by atoms with E-state index in [1.165, 1.54) is 0 Å². The number of hydrogen-bond acceptors (Lipinski definition) is 7. The molecule has 1 aliphatic rings. The van der Waals surface area contributed by atoms with E-state index in [1.807, 2.05) is 62.4 Å². The summed E-state index contributed by atoms with van der Waals surface area (Å²) in [5, 5.41) is 19.6. The van der Waals surface area contributed by atoms with Crippen LogP contribution in [0.3, 0.4) is 0 Å². The summed E-state index contributed by atoms with van der Waals surface area (Å²) in [4.78, 5) is 48.0. The Balaban J connectivity index is 1.74. The average molecular weight is 588 g/mol. The number of anilines is 1. The molecule has 2 unspecified atom stereocenters. The lowest BCUT2D eigenvalue weighted by Crippen LogP contribution is -2.41. The molecule has 0 saturated heterocycles. The Kier molecular flexibility index (Phi) is 10.9. The number of unbranched alkanes of at least 4 members (excludes halogenated alkanes) is 3. The van der Waals surface area contributed by atoms with Crippen molar-refractivity contribution in [2.24, 2.45) is 5.92 Å². The minimum Gasteiger partial charge on any atom is -0.481 e. The molecule has 0 fully saturated rings. The zero-order valence-corrected chi connectivity index (χ0v) is 25.2. The molecule has 2 atom stereocenters. The molecule has 2 aromatic carbocycles. The Morgan fingerprint density at radius 1 is 0.814 bits per heavy atom. The van der Waals surface area contributed by atoms with Gasteiger partial charge < -0.3 is 19.8 Å². The van der Waals surface area contributed by atoms with Gasteiger partial charge in [0.05, 0.1) is 36.5 Å². The number of aliphatic carboxylic acids is 2. The number of hydrogen-bond donors (Lipinski definition) is 2. The molecule has 0 saturated carbocycles. The van der Waals surface area contributed by atoms with E-state index in [1.54, 1.807) is 6.92 Å². The van der Waals surface area contributed by atoms with Crippen LogP contribution in [0.25, 0.3) is 22.5 Å². The lowest BCUT2D eigenvalue weighted by atomic mass is 9.80. The Morgan fingerprint density at radius 3 is 1.93 bits per heavy atom. The van der Waals surface area contributed by atoms with Gasteiger partial charge in [0.15, 0.2) is 5.82 Å². The van der Waals surface area contributed by atoms with E-state index in [2.05, 4.69) is 4.90 Å². The summed E-state index contributed by atoms with van der Waals surface area (Å²) in [6.45, 7) is 7.21. The van der Waals surface area contributed by atoms with Crippen LogP contribution in [0.4, 0.5) is 5.82 Å². The molecule has 0 aliphatic carbocycles. The molecule has 43 heavy (non-hydrogen) atoms. The van der Waals surface area contributed by atoms with Gasteiger partial charge in [-0.2, -0.15) is 0 Å². The fraction of sp³-hybridized carbons (Fsp3) is 0.441. The third kappa shape index (κ3) is 8.40. The molecule has 0 radical (unpaired) electrons. The summed E-state index contributed by atoms with van der Waals surface area (Å²) < 4.78 is 5.01. The summed E-state index contributed by atoms with van der Waals surface area (Å²) in [5.74, 6) is -2.56. The quantitative estimate of drug-likeness (QED) is 0.162. The first-order chi connectivity index (χ1) is 20.7. The zero-order valence-electron chi connectivity index (χ0n) is 25.2. The smallest absolute Gasteiger partial charge is 0.305 e. The lowest BCUT2D eigenvalue weighted by molar-refractivity contribution is -0.143. The van der Waals surface area contributed by atoms with Crippen LogP contribution in [0.2, 0.25) is 0 Å². The zero-order chi connectivity index (χ0) is 30.9. The summed E-state index contributed by atoms with van der Waals surface area (Å²) in [6.07, 6.45) is 3.32. The van der Waals surface area contributed by atoms with E-state index in [9.17, 15) is 24.6 Å². The molecule has 2 heterocycles. The number of nitrogens with zero attached hydrogens (tertiary/aromatic N) is 3. The summed E-state index contributed by atoms with van der Waals surface area (Å²) in [5.41, 5.74) is 5.87. The monoisotopic (exact) mass is 587 g/mol. The molecule has 1 aromatic heterocycles. The second-order valence-electron chi connectivity index (χ2n) is 11.3. The molecule has 9 nitrogen and oxygen atoms in total. The maximum absolute atomic E-state index is 12.0. The van der Waals surface area contributed by atoms with Crippen molar-refractivity contribution in [2.45, 2.75) is 71.6 Å². The van der Waals surface area contributed by atoms with Crippen molar-refractivity contribution in [3.8, 4) is 22.5 Å². The van der Waals surface area contributed by atoms with Crippen molar-refractivity contribution in [2.75, 3.05) is 24.6 Å². The van der Waals surface area contributed by atoms with Gasteiger partial charge in [0, 0.05) is 36.6 Å². The SMILES string of the molecule is CCOC(=O)CCCCCCN1CC(CC(=O)O)C(CC(=O)O)c2nc(-c3ccc(C)cc3)c(-c3ccc(C)cc3)nc21. The predicted molar refractivity (Wildman–Crippen MR) is 165 cm³/mol. The van der Waals surface area contributed by atoms with Gasteiger partial charge in [-0.3, -0.25) is 14.4 Å². The number of carbonyl (C=O) groups excluding carboxylic acids is 1. The Hall–Kier alpha value is -4.27. The van der Waals surface area contributed by atoms with Crippen molar-refractivity contribution in [3.63, 3.8) is 0 Å². The third-order valence-corrected chi connectivity index (χ3v) is 7.92. The number of benzene rings is 2. The highest BCUT2D eigenvalue weighted by Gasteiger charge is 2.39. The van der Waals surface area contributed by atoms with Crippen LogP contribution >= 0.6 is 0 Å². The van der Waals surface area contributed by atoms with Crippen molar-refractivity contribution >= 4 is 23.7 Å². The molecular weight excluding hydrogens is 546 g/mol. The summed E-state index contributed by atoms with van der Waals surface area (Å²) in [7, 11) is 0. The molecule has 1 aliphatic heterocycles. The Bertz CT molecular complexity index is 1420. The predicted octanol–water partition coefficient (Wildman–Crippen LogP) is 6.41. The molecule has 9 heteroatoms. The maximum Gasteiger partial charge on any atom is 0.305 e. The first kappa shape index (κ1) is 31.7. The highest BCUT2D eigenvalue weighted by molar-refractivity contribution is 5.80. The molecule has 2 N–H and O–H groups in total. The average Bonchev–Trinajstić information content (AvgIpc) is 2.96. The van der Waals surface area contributed by atoms with Crippen molar-refractivity contribution in [1.82, 2.24) is 9.97 Å². The molecule has 0 bridgehead atoms. The van der Waals surface area contributed by atoms with Crippen LogP contribution in [0, 0.1) is 19.8 Å². The van der Waals surface area contributed by atoms with Gasteiger partial charge in [0.25, 0.3) is 0 Å². The number of fused-ring (bicyclic) bond motifs is 1. The number of ether oxygens (including phenoxy) is 1. The molecule has 228 valence electrons.